The highest BCUT2D eigenvalue weighted by Crippen LogP contribution is 2.03. The van der Waals surface area contributed by atoms with E-state index >= 15 is 0 Å². The lowest BCUT2D eigenvalue weighted by molar-refractivity contribution is -0.116. The number of rotatable bonds is 5. The Balaban J connectivity index is 3.26. The average molecular weight is 155 g/mol. The number of carbonyl (C=O) groups excluding carboxylic acids is 1. The molecule has 1 unspecified atom stereocenters. The zero-order valence-electron chi connectivity index (χ0n) is 7.39. The zero-order valence-corrected chi connectivity index (χ0v) is 7.39. The Morgan fingerprint density at radius 3 is 2.82 bits per heavy atom. The maximum absolute atomic E-state index is 10.7. The lowest BCUT2D eigenvalue weighted by atomic mass is 10.1. The summed E-state index contributed by atoms with van der Waals surface area (Å²) in [5.74, 6) is 0.619. The van der Waals surface area contributed by atoms with Crippen molar-refractivity contribution in [2.45, 2.75) is 26.7 Å². The van der Waals surface area contributed by atoms with Crippen LogP contribution in [0.25, 0.3) is 0 Å². The second-order valence-electron chi connectivity index (χ2n) is 2.80. The predicted octanol–water partition coefficient (Wildman–Crippen LogP) is 1.72. The van der Waals surface area contributed by atoms with Crippen LogP contribution in [0.3, 0.4) is 0 Å². The first-order valence-corrected chi connectivity index (χ1v) is 4.11. The van der Waals surface area contributed by atoms with Crippen molar-refractivity contribution in [3.63, 3.8) is 0 Å². The van der Waals surface area contributed by atoms with Gasteiger partial charge in [0.1, 0.15) is 0 Å². The van der Waals surface area contributed by atoms with Crippen LogP contribution in [0.4, 0.5) is 0 Å². The molecule has 11 heavy (non-hydrogen) atoms. The van der Waals surface area contributed by atoms with Crippen molar-refractivity contribution in [2.75, 3.05) is 6.54 Å². The molecular weight excluding hydrogens is 138 g/mol. The van der Waals surface area contributed by atoms with Gasteiger partial charge in [0.05, 0.1) is 0 Å². The predicted molar refractivity (Wildman–Crippen MR) is 47.3 cm³/mol. The van der Waals surface area contributed by atoms with Gasteiger partial charge in [-0.2, -0.15) is 0 Å². The first-order valence-electron chi connectivity index (χ1n) is 4.11. The fraction of sp³-hybridized carbons (Fsp3) is 0.667. The Morgan fingerprint density at radius 2 is 2.36 bits per heavy atom. The normalized spacial score (nSPS) is 12.2. The van der Waals surface area contributed by atoms with Crippen molar-refractivity contribution in [1.82, 2.24) is 5.32 Å². The molecule has 0 saturated heterocycles. The number of hydrogen-bond donors (Lipinski definition) is 1. The van der Waals surface area contributed by atoms with Gasteiger partial charge in [-0.3, -0.25) is 4.79 Å². The molecule has 0 spiro atoms. The lowest BCUT2D eigenvalue weighted by Gasteiger charge is -2.07. The zero-order chi connectivity index (χ0) is 8.69. The van der Waals surface area contributed by atoms with Crippen LogP contribution in [0.5, 0.6) is 0 Å². The van der Waals surface area contributed by atoms with E-state index < -0.39 is 0 Å². The molecule has 2 nitrogen and oxygen atoms in total. The molecule has 0 aromatic rings. The molecule has 0 aliphatic heterocycles. The summed E-state index contributed by atoms with van der Waals surface area (Å²) in [6.45, 7) is 8.46. The molecule has 0 aliphatic rings. The second-order valence-corrected chi connectivity index (χ2v) is 2.80. The second kappa shape index (κ2) is 5.96. The molecule has 64 valence electrons. The maximum Gasteiger partial charge on any atom is 0.243 e. The van der Waals surface area contributed by atoms with Gasteiger partial charge < -0.3 is 5.32 Å². The van der Waals surface area contributed by atoms with Crippen LogP contribution in [0.15, 0.2) is 12.7 Å². The Labute approximate surface area is 68.7 Å². The van der Waals surface area contributed by atoms with Gasteiger partial charge in [0.15, 0.2) is 0 Å². The van der Waals surface area contributed by atoms with Crippen molar-refractivity contribution in [1.29, 1.82) is 0 Å². The number of nitrogens with one attached hydrogen (secondary N) is 1. The lowest BCUT2D eigenvalue weighted by Crippen LogP contribution is -2.23. The van der Waals surface area contributed by atoms with Crippen LogP contribution >= 0.6 is 0 Å². The van der Waals surface area contributed by atoms with Crippen molar-refractivity contribution >= 4 is 5.91 Å². The van der Waals surface area contributed by atoms with E-state index in [1.807, 2.05) is 0 Å². The van der Waals surface area contributed by atoms with E-state index in [1.54, 1.807) is 0 Å². The van der Waals surface area contributed by atoms with Gasteiger partial charge in [0, 0.05) is 6.54 Å². The summed E-state index contributed by atoms with van der Waals surface area (Å²) in [6, 6.07) is 0. The highest BCUT2D eigenvalue weighted by atomic mass is 16.1. The molecule has 0 aromatic carbocycles. The van der Waals surface area contributed by atoms with Crippen LogP contribution in [-0.4, -0.2) is 12.5 Å². The topological polar surface area (TPSA) is 29.1 Å². The third-order valence-corrected chi connectivity index (χ3v) is 1.82. The van der Waals surface area contributed by atoms with E-state index in [0.717, 1.165) is 13.0 Å². The van der Waals surface area contributed by atoms with Crippen molar-refractivity contribution < 1.29 is 4.79 Å². The van der Waals surface area contributed by atoms with E-state index in [2.05, 4.69) is 25.7 Å². The molecule has 0 radical (unpaired) electrons. The van der Waals surface area contributed by atoms with Crippen molar-refractivity contribution in [2.24, 2.45) is 5.92 Å². The smallest absolute Gasteiger partial charge is 0.243 e. The van der Waals surface area contributed by atoms with Gasteiger partial charge in [0.25, 0.3) is 0 Å². The minimum atomic E-state index is -0.0756. The fourth-order valence-electron chi connectivity index (χ4n) is 0.718. The Kier molecular flexibility index (Phi) is 5.53. The van der Waals surface area contributed by atoms with Crippen LogP contribution in [0, 0.1) is 5.92 Å². The molecule has 0 bridgehead atoms. The first-order chi connectivity index (χ1) is 5.20. The highest BCUT2D eigenvalue weighted by molar-refractivity contribution is 5.86. The van der Waals surface area contributed by atoms with Crippen molar-refractivity contribution in [3.05, 3.63) is 12.7 Å². The third kappa shape index (κ3) is 5.64. The number of amides is 1. The summed E-state index contributed by atoms with van der Waals surface area (Å²) >= 11 is 0. The molecule has 0 saturated carbocycles. The minimum Gasteiger partial charge on any atom is -0.353 e. The summed E-state index contributed by atoms with van der Waals surface area (Å²) in [4.78, 5) is 10.7. The van der Waals surface area contributed by atoms with Crippen molar-refractivity contribution in [3.8, 4) is 0 Å². The van der Waals surface area contributed by atoms with E-state index in [1.165, 1.54) is 12.5 Å². The Hall–Kier alpha value is -0.790. The van der Waals surface area contributed by atoms with E-state index in [0.29, 0.717) is 5.92 Å². The fourth-order valence-corrected chi connectivity index (χ4v) is 0.718. The van der Waals surface area contributed by atoms with Gasteiger partial charge in [-0.25, -0.2) is 0 Å². The summed E-state index contributed by atoms with van der Waals surface area (Å²) < 4.78 is 0. The maximum atomic E-state index is 10.7. The number of hydrogen-bond acceptors (Lipinski definition) is 1. The summed E-state index contributed by atoms with van der Waals surface area (Å²) in [5.41, 5.74) is 0. The highest BCUT2D eigenvalue weighted by Gasteiger charge is 1.98. The molecular formula is C9H17NO. The van der Waals surface area contributed by atoms with Gasteiger partial charge in [-0.1, -0.05) is 26.8 Å². The molecule has 0 fully saturated rings. The molecule has 0 aliphatic carbocycles. The summed E-state index contributed by atoms with van der Waals surface area (Å²) in [7, 11) is 0. The quantitative estimate of drug-likeness (QED) is 0.602. The van der Waals surface area contributed by atoms with Gasteiger partial charge in [0.2, 0.25) is 5.91 Å². The first kappa shape index (κ1) is 10.2. The molecule has 2 heteroatoms. The molecule has 0 rings (SSSR count). The summed E-state index contributed by atoms with van der Waals surface area (Å²) in [5, 5.41) is 2.74. The average Bonchev–Trinajstić information content (AvgIpc) is 2.04. The largest absolute Gasteiger partial charge is 0.353 e. The SMILES string of the molecule is C=CC(=O)NCCC(C)CC. The van der Waals surface area contributed by atoms with Crippen LogP contribution in [0.1, 0.15) is 26.7 Å². The van der Waals surface area contributed by atoms with E-state index in [9.17, 15) is 4.79 Å². The minimum absolute atomic E-state index is 0.0756. The Bertz CT molecular complexity index is 132. The third-order valence-electron chi connectivity index (χ3n) is 1.82. The van der Waals surface area contributed by atoms with Gasteiger partial charge in [-0.15, -0.1) is 0 Å². The van der Waals surface area contributed by atoms with Gasteiger partial charge in [-0.05, 0) is 18.4 Å². The van der Waals surface area contributed by atoms with Gasteiger partial charge >= 0.3 is 0 Å². The monoisotopic (exact) mass is 155 g/mol. The molecule has 0 heterocycles. The number of carbonyl (C=O) groups is 1. The van der Waals surface area contributed by atoms with Crippen LogP contribution < -0.4 is 5.32 Å². The van der Waals surface area contributed by atoms with Crippen LogP contribution in [0.2, 0.25) is 0 Å². The molecule has 1 amide bonds. The molecule has 0 aromatic heterocycles. The molecule has 1 atom stereocenters. The summed E-state index contributed by atoms with van der Waals surface area (Å²) in [6.07, 6.45) is 3.52. The van der Waals surface area contributed by atoms with E-state index in [4.69, 9.17) is 0 Å². The Morgan fingerprint density at radius 1 is 1.73 bits per heavy atom. The molecule has 1 N–H and O–H groups in total. The van der Waals surface area contributed by atoms with E-state index in [-0.39, 0.29) is 5.91 Å². The standard InChI is InChI=1S/C9H17NO/c1-4-8(3)6-7-10-9(11)5-2/h5,8H,2,4,6-7H2,1,3H3,(H,10,11). The van der Waals surface area contributed by atoms with Crippen LogP contribution in [-0.2, 0) is 4.79 Å².